The number of carbonyl (C=O) groups excluding carboxylic acids is 1. The summed E-state index contributed by atoms with van der Waals surface area (Å²) < 4.78 is 34.6. The second-order valence-electron chi connectivity index (χ2n) is 23.7. The Kier molecular flexibility index (Phi) is 14.3. The predicted molar refractivity (Wildman–Crippen MR) is 233 cm³/mol. The van der Waals surface area contributed by atoms with E-state index in [4.69, 9.17) is 28.4 Å². The molecule has 20 nitrogen and oxygen atoms in total. The third-order valence-electron chi connectivity index (χ3n) is 19.3. The van der Waals surface area contributed by atoms with E-state index in [0.29, 0.717) is 44.9 Å². The van der Waals surface area contributed by atoms with Crippen molar-refractivity contribution in [3.63, 3.8) is 0 Å². The minimum atomic E-state index is -1.89. The molecule has 8 aliphatic rings. The predicted octanol–water partition coefficient (Wildman–Crippen LogP) is -1.92. The maximum absolute atomic E-state index is 15.0. The van der Waals surface area contributed by atoms with Gasteiger partial charge in [0.2, 0.25) is 6.29 Å². The van der Waals surface area contributed by atoms with Crippen molar-refractivity contribution in [1.82, 2.24) is 0 Å². The van der Waals surface area contributed by atoms with E-state index >= 15 is 0 Å². The Morgan fingerprint density at radius 3 is 1.96 bits per heavy atom. The second kappa shape index (κ2) is 18.5. The van der Waals surface area contributed by atoms with Gasteiger partial charge in [0.1, 0.15) is 67.1 Å². The average molecular weight is 975 g/mol. The van der Waals surface area contributed by atoms with Gasteiger partial charge in [-0.25, -0.2) is 0 Å². The lowest BCUT2D eigenvalue weighted by molar-refractivity contribution is -0.361. The molecule has 26 atom stereocenters. The highest BCUT2D eigenvalue weighted by Gasteiger charge is 2.73. The molecule has 13 N–H and O–H groups in total. The monoisotopic (exact) mass is 975 g/mol. The van der Waals surface area contributed by atoms with Crippen LogP contribution in [-0.2, 0) is 33.2 Å². The molecule has 4 saturated carbocycles. The summed E-state index contributed by atoms with van der Waals surface area (Å²) >= 11 is 0. The number of fused-ring (bicyclic) bond motifs is 7. The van der Waals surface area contributed by atoms with E-state index in [0.717, 1.165) is 5.57 Å². The number of hydrogen-bond acceptors (Lipinski definition) is 20. The van der Waals surface area contributed by atoms with Crippen LogP contribution in [0.1, 0.15) is 99.8 Å². The van der Waals surface area contributed by atoms with Crippen molar-refractivity contribution in [1.29, 1.82) is 0 Å². The van der Waals surface area contributed by atoms with Gasteiger partial charge < -0.3 is 94.8 Å². The number of rotatable bonds is 9. The molecule has 0 aromatic rings. The number of esters is 1. The van der Waals surface area contributed by atoms with Crippen molar-refractivity contribution in [3.05, 3.63) is 11.6 Å². The highest BCUT2D eigenvalue weighted by Crippen LogP contribution is 2.76. The molecule has 0 aromatic heterocycles. The van der Waals surface area contributed by atoms with Gasteiger partial charge in [-0.1, -0.05) is 53.2 Å². The topological polar surface area (TPSA) is 335 Å². The van der Waals surface area contributed by atoms with Gasteiger partial charge in [0.25, 0.3) is 0 Å². The van der Waals surface area contributed by atoms with Crippen molar-refractivity contribution in [3.8, 4) is 0 Å². The summed E-state index contributed by atoms with van der Waals surface area (Å²) in [7, 11) is 0. The summed E-state index contributed by atoms with van der Waals surface area (Å²) in [6.45, 7) is 12.1. The van der Waals surface area contributed by atoms with Crippen LogP contribution in [0.25, 0.3) is 0 Å². The van der Waals surface area contributed by atoms with Crippen LogP contribution in [0.3, 0.4) is 0 Å². The zero-order valence-corrected chi connectivity index (χ0v) is 40.2. The first-order valence-corrected chi connectivity index (χ1v) is 24.5. The van der Waals surface area contributed by atoms with Crippen LogP contribution in [0.2, 0.25) is 0 Å². The maximum Gasteiger partial charge on any atom is 0.315 e. The summed E-state index contributed by atoms with van der Waals surface area (Å²) in [4.78, 5) is 15.0. The van der Waals surface area contributed by atoms with Gasteiger partial charge in [0, 0.05) is 11.3 Å². The molecule has 3 heterocycles. The number of carbonyl (C=O) groups is 1. The Morgan fingerprint density at radius 1 is 0.676 bits per heavy atom. The van der Waals surface area contributed by atoms with Gasteiger partial charge in [-0.05, 0) is 91.8 Å². The summed E-state index contributed by atoms with van der Waals surface area (Å²) in [5, 5.41) is 142. The summed E-state index contributed by atoms with van der Waals surface area (Å²) in [6.07, 6.45) is -21.7. The molecule has 0 radical (unpaired) electrons. The molecule has 0 unspecified atom stereocenters. The van der Waals surface area contributed by atoms with Crippen LogP contribution in [0, 0.1) is 50.2 Å². The van der Waals surface area contributed by atoms with E-state index in [-0.39, 0.29) is 23.7 Å². The van der Waals surface area contributed by atoms with Crippen molar-refractivity contribution in [2.75, 3.05) is 19.8 Å². The molecule has 390 valence electrons. The Bertz CT molecular complexity index is 1870. The van der Waals surface area contributed by atoms with Gasteiger partial charge in [-0.2, -0.15) is 0 Å². The van der Waals surface area contributed by atoms with Crippen molar-refractivity contribution >= 4 is 5.97 Å². The van der Waals surface area contributed by atoms with Crippen LogP contribution in [0.15, 0.2) is 11.6 Å². The fourth-order valence-corrected chi connectivity index (χ4v) is 15.1. The summed E-state index contributed by atoms with van der Waals surface area (Å²) in [5.74, 6) is -1.51. The minimum Gasteiger partial charge on any atom is -0.432 e. The molecule has 8 rings (SSSR count). The zero-order valence-electron chi connectivity index (χ0n) is 40.2. The highest BCUT2D eigenvalue weighted by molar-refractivity contribution is 5.79. The molecular weight excluding hydrogens is 897 g/mol. The van der Waals surface area contributed by atoms with E-state index in [1.54, 1.807) is 6.92 Å². The molecule has 0 spiro atoms. The first kappa shape index (κ1) is 52.8. The highest BCUT2D eigenvalue weighted by atomic mass is 16.8. The van der Waals surface area contributed by atoms with Gasteiger partial charge in [-0.3, -0.25) is 4.79 Å². The number of aliphatic hydroxyl groups excluding tert-OH is 13. The Labute approximate surface area is 396 Å². The minimum absolute atomic E-state index is 0.0494. The molecule has 3 saturated heterocycles. The molecule has 7 fully saturated rings. The Hall–Kier alpha value is -1.51. The Morgan fingerprint density at radius 2 is 1.29 bits per heavy atom. The molecule has 68 heavy (non-hydrogen) atoms. The third kappa shape index (κ3) is 8.07. The molecule has 5 aliphatic carbocycles. The molecule has 20 heteroatoms. The van der Waals surface area contributed by atoms with E-state index in [2.05, 4.69) is 40.7 Å². The fraction of sp³-hybridized carbons (Fsp3) is 0.938. The van der Waals surface area contributed by atoms with E-state index < -0.39 is 169 Å². The van der Waals surface area contributed by atoms with Crippen molar-refractivity contribution in [2.45, 2.75) is 210 Å². The number of ether oxygens (including phenoxy) is 6. The lowest BCUT2D eigenvalue weighted by Gasteiger charge is -2.72. The van der Waals surface area contributed by atoms with Gasteiger partial charge in [-0.15, -0.1) is 0 Å². The number of hydrogen-bond donors (Lipinski definition) is 13. The first-order chi connectivity index (χ1) is 31.7. The van der Waals surface area contributed by atoms with Gasteiger partial charge in [0.15, 0.2) is 12.6 Å². The molecule has 0 bridgehead atoms. The normalized spacial score (nSPS) is 55.7. The van der Waals surface area contributed by atoms with E-state index in [9.17, 15) is 71.2 Å². The van der Waals surface area contributed by atoms with Crippen LogP contribution in [0.4, 0.5) is 0 Å². The quantitative estimate of drug-likeness (QED) is 0.0885. The lowest BCUT2D eigenvalue weighted by Crippen LogP contribution is -2.71. The summed E-state index contributed by atoms with van der Waals surface area (Å²) in [5.41, 5.74) is -3.01. The van der Waals surface area contributed by atoms with Crippen LogP contribution >= 0.6 is 0 Å². The number of allylic oxidation sites excluding steroid dienone is 2. The molecular formula is C48H78O20. The average Bonchev–Trinajstić information content (AvgIpc) is 3.28. The van der Waals surface area contributed by atoms with Crippen LogP contribution < -0.4 is 0 Å². The smallest absolute Gasteiger partial charge is 0.315 e. The maximum atomic E-state index is 15.0. The molecule has 0 amide bonds. The molecule has 0 aromatic carbocycles. The fourth-order valence-electron chi connectivity index (χ4n) is 15.1. The third-order valence-corrected chi connectivity index (χ3v) is 19.3. The van der Waals surface area contributed by atoms with Crippen molar-refractivity contribution < 1.29 is 99.6 Å². The molecule has 3 aliphatic heterocycles. The largest absolute Gasteiger partial charge is 0.432 e. The standard InChI is InChI=1S/C48H78O20/c1-20-28(53)30(55)33(58)40(64-20)67-36-25(17-49)65-39(35(60)32(36)57)63-18-26-29(54)31(56)34(59)41(66-26)68-42(62)48-12-10-43(2,3)14-22(48)21-8-9-27-44(4)15-24(52)38(61)45(5,19-50)37(44)23(51)16-47(27,7)46(21,6)11-13-48/h8,20,22-41,49-61H,9-19H2,1-7H3/t20-,22-,23+,24-,25+,26+,27+,28-,29+,30-,31-,32+,33+,34+,35+,36+,37+,38-,39+,40-,41-,44+,45-,46+,47+,48-/m0/s1. The van der Waals surface area contributed by atoms with Crippen molar-refractivity contribution in [2.24, 2.45) is 50.2 Å². The van der Waals surface area contributed by atoms with E-state index in [1.165, 1.54) is 6.92 Å². The van der Waals surface area contributed by atoms with Gasteiger partial charge in [0.05, 0.1) is 49.7 Å². The van der Waals surface area contributed by atoms with Crippen LogP contribution in [0.5, 0.6) is 0 Å². The van der Waals surface area contributed by atoms with E-state index in [1.807, 2.05) is 0 Å². The lowest BCUT2D eigenvalue weighted by atomic mass is 9.33. The Balaban J connectivity index is 0.991. The number of aliphatic hydroxyl groups is 13. The van der Waals surface area contributed by atoms with Gasteiger partial charge >= 0.3 is 5.97 Å². The first-order valence-electron chi connectivity index (χ1n) is 24.5. The SMILES string of the molecule is C[C@@H]1O[C@@H](O[C@H]2[C@H](O)[C@@H](O)[C@H](OC[C@H]3O[C@@H](OC(=O)[C@]45CCC(C)(C)C[C@H]4C4=CC[C@@H]6[C@@]7(C)C[C@H](O)[C@H](O)[C@@](C)(CO)[C@@H]7[C@H](O)C[C@@]6(C)[C@]4(C)CC5)[C@H](O)[C@@H](O)[C@@H]3O)O[C@@H]2CO)[C@H](O)[C@@H](O)[C@H]1O. The summed E-state index contributed by atoms with van der Waals surface area (Å²) in [6, 6.07) is 0. The second-order valence-corrected chi connectivity index (χ2v) is 23.7. The van der Waals surface area contributed by atoms with Crippen LogP contribution in [-0.4, -0.2) is 203 Å². The zero-order chi connectivity index (χ0) is 50.0.